The van der Waals surface area contributed by atoms with Gasteiger partial charge in [0.1, 0.15) is 17.7 Å². The maximum atomic E-state index is 10.5. The van der Waals surface area contributed by atoms with Crippen molar-refractivity contribution < 1.29 is 9.66 Å². The first-order valence-corrected chi connectivity index (χ1v) is 6.58. The van der Waals surface area contributed by atoms with E-state index in [9.17, 15) is 10.1 Å². The molecule has 0 aliphatic carbocycles. The van der Waals surface area contributed by atoms with Crippen LogP contribution in [0, 0.1) is 10.1 Å². The number of thiazole rings is 1. The topological polar surface area (TPSA) is 96.0 Å². The third-order valence-corrected chi connectivity index (χ3v) is 3.40. The van der Waals surface area contributed by atoms with E-state index in [1.807, 2.05) is 19.2 Å². The van der Waals surface area contributed by atoms with Crippen LogP contribution >= 0.6 is 11.3 Å². The average Bonchev–Trinajstić information content (AvgIpc) is 2.99. The molecule has 2 rings (SSSR count). The van der Waals surface area contributed by atoms with Gasteiger partial charge in [-0.25, -0.2) is 4.98 Å². The quantitative estimate of drug-likeness (QED) is 0.592. The summed E-state index contributed by atoms with van der Waals surface area (Å²) in [5, 5.41) is 17.0. The number of ether oxygens (including phenoxy) is 1. The number of nitrogens with zero attached hydrogens (tertiary/aromatic N) is 5. The Morgan fingerprint density at radius 3 is 3.05 bits per heavy atom. The van der Waals surface area contributed by atoms with Gasteiger partial charge in [-0.1, -0.05) is 4.98 Å². The van der Waals surface area contributed by atoms with Gasteiger partial charge in [0.25, 0.3) is 0 Å². The molecule has 102 valence electrons. The van der Waals surface area contributed by atoms with Crippen molar-refractivity contribution >= 4 is 17.3 Å². The highest BCUT2D eigenvalue weighted by molar-refractivity contribution is 7.09. The Morgan fingerprint density at radius 1 is 1.63 bits per heavy atom. The summed E-state index contributed by atoms with van der Waals surface area (Å²) in [6, 6.07) is 0. The molecule has 0 amide bonds. The molecular weight excluding hydrogens is 270 g/mol. The van der Waals surface area contributed by atoms with E-state index < -0.39 is 10.9 Å². The Labute approximate surface area is 113 Å². The Hall–Kier alpha value is -1.87. The Kier molecular flexibility index (Phi) is 4.17. The van der Waals surface area contributed by atoms with Crippen LogP contribution in [0.3, 0.4) is 0 Å². The van der Waals surface area contributed by atoms with Crippen LogP contribution in [0.15, 0.2) is 11.7 Å². The summed E-state index contributed by atoms with van der Waals surface area (Å²) < 4.78 is 6.84. The van der Waals surface area contributed by atoms with Gasteiger partial charge in [0.15, 0.2) is 0 Å². The summed E-state index contributed by atoms with van der Waals surface area (Å²) in [6.45, 7) is 4.85. The molecule has 0 fully saturated rings. The Bertz CT molecular complexity index is 567. The van der Waals surface area contributed by atoms with E-state index in [-0.39, 0.29) is 6.10 Å². The Morgan fingerprint density at radius 2 is 2.42 bits per heavy atom. The molecule has 1 unspecified atom stereocenters. The molecule has 0 spiro atoms. The van der Waals surface area contributed by atoms with Crippen molar-refractivity contribution in [1.29, 1.82) is 0 Å². The minimum absolute atomic E-state index is 0.0474. The molecule has 1 atom stereocenters. The summed E-state index contributed by atoms with van der Waals surface area (Å²) in [5.41, 5.74) is 0.784. The van der Waals surface area contributed by atoms with Crippen LogP contribution in [-0.4, -0.2) is 31.3 Å². The fourth-order valence-corrected chi connectivity index (χ4v) is 2.33. The molecule has 0 aliphatic heterocycles. The number of rotatable bonds is 6. The summed E-state index contributed by atoms with van der Waals surface area (Å²) in [4.78, 5) is 17.8. The van der Waals surface area contributed by atoms with Crippen molar-refractivity contribution in [3.8, 4) is 0 Å². The van der Waals surface area contributed by atoms with Crippen LogP contribution in [0.5, 0.6) is 0 Å². The van der Waals surface area contributed by atoms with E-state index in [2.05, 4.69) is 15.1 Å². The standard InChI is InChI=1S/C10H13N5O3S/c1-3-18-7(2)9-12-8(5-19-9)4-14-6-11-10(13-14)15(16)17/h5-7H,3-4H2,1-2H3. The summed E-state index contributed by atoms with van der Waals surface area (Å²) in [6.07, 6.45) is 1.28. The van der Waals surface area contributed by atoms with Crippen LogP contribution in [0.2, 0.25) is 0 Å². The highest BCUT2D eigenvalue weighted by Gasteiger charge is 2.15. The molecular formula is C10H13N5O3S. The fourth-order valence-electron chi connectivity index (χ4n) is 1.51. The third kappa shape index (κ3) is 3.32. The molecule has 2 aromatic rings. The van der Waals surface area contributed by atoms with Crippen molar-refractivity contribution in [1.82, 2.24) is 19.7 Å². The van der Waals surface area contributed by atoms with E-state index in [1.165, 1.54) is 22.3 Å². The van der Waals surface area contributed by atoms with Gasteiger partial charge >= 0.3 is 5.95 Å². The molecule has 0 saturated heterocycles. The van der Waals surface area contributed by atoms with Crippen LogP contribution in [0.4, 0.5) is 5.95 Å². The van der Waals surface area contributed by atoms with E-state index in [1.54, 1.807) is 0 Å². The first kappa shape index (κ1) is 13.6. The van der Waals surface area contributed by atoms with Gasteiger partial charge in [-0.2, -0.15) is 4.68 Å². The zero-order chi connectivity index (χ0) is 13.8. The zero-order valence-corrected chi connectivity index (χ0v) is 11.3. The monoisotopic (exact) mass is 283 g/mol. The van der Waals surface area contributed by atoms with Gasteiger partial charge in [-0.3, -0.25) is 0 Å². The molecule has 2 aromatic heterocycles. The molecule has 0 aliphatic rings. The zero-order valence-electron chi connectivity index (χ0n) is 10.5. The third-order valence-electron chi connectivity index (χ3n) is 2.35. The van der Waals surface area contributed by atoms with Gasteiger partial charge < -0.3 is 14.9 Å². The van der Waals surface area contributed by atoms with Gasteiger partial charge in [-0.05, 0) is 18.8 Å². The lowest BCUT2D eigenvalue weighted by Crippen LogP contribution is -2.03. The second-order valence-electron chi connectivity index (χ2n) is 3.77. The summed E-state index contributed by atoms with van der Waals surface area (Å²) >= 11 is 1.50. The number of nitro groups is 1. The highest BCUT2D eigenvalue weighted by Crippen LogP contribution is 2.21. The van der Waals surface area contributed by atoms with Gasteiger partial charge in [0.05, 0.1) is 5.69 Å². The number of hydrogen-bond acceptors (Lipinski definition) is 7. The first-order valence-electron chi connectivity index (χ1n) is 5.70. The smallest absolute Gasteiger partial charge is 0.390 e. The molecule has 2 heterocycles. The molecule has 0 radical (unpaired) electrons. The van der Waals surface area contributed by atoms with E-state index >= 15 is 0 Å². The summed E-state index contributed by atoms with van der Waals surface area (Å²) in [5.74, 6) is -0.405. The average molecular weight is 283 g/mol. The van der Waals surface area contributed by atoms with Crippen LogP contribution in [-0.2, 0) is 11.3 Å². The SMILES string of the molecule is CCOC(C)c1nc(Cn2cnc([N+](=O)[O-])n2)cs1. The molecule has 0 aromatic carbocycles. The van der Waals surface area contributed by atoms with Crippen molar-refractivity contribution in [3.05, 3.63) is 32.5 Å². The van der Waals surface area contributed by atoms with Crippen LogP contribution in [0.25, 0.3) is 0 Å². The minimum Gasteiger partial charge on any atom is -0.390 e. The lowest BCUT2D eigenvalue weighted by atomic mass is 10.4. The molecule has 0 saturated carbocycles. The van der Waals surface area contributed by atoms with Crippen molar-refractivity contribution in [2.24, 2.45) is 0 Å². The van der Waals surface area contributed by atoms with Crippen LogP contribution < -0.4 is 0 Å². The molecule has 0 N–H and O–H groups in total. The fraction of sp³-hybridized carbons (Fsp3) is 0.500. The Balaban J connectivity index is 2.04. The van der Waals surface area contributed by atoms with Crippen molar-refractivity contribution in [3.63, 3.8) is 0 Å². The molecule has 8 nitrogen and oxygen atoms in total. The van der Waals surface area contributed by atoms with Crippen molar-refractivity contribution in [2.45, 2.75) is 26.5 Å². The van der Waals surface area contributed by atoms with Gasteiger partial charge in [0, 0.05) is 17.1 Å². The lowest BCUT2D eigenvalue weighted by molar-refractivity contribution is -0.394. The predicted octanol–water partition coefficient (Wildman–Crippen LogP) is 1.79. The summed E-state index contributed by atoms with van der Waals surface area (Å²) in [7, 11) is 0. The normalized spacial score (nSPS) is 12.5. The second-order valence-corrected chi connectivity index (χ2v) is 4.66. The maximum absolute atomic E-state index is 10.5. The second kappa shape index (κ2) is 5.85. The van der Waals surface area contributed by atoms with E-state index in [0.717, 1.165) is 10.7 Å². The molecule has 9 heteroatoms. The molecule has 19 heavy (non-hydrogen) atoms. The van der Waals surface area contributed by atoms with Crippen molar-refractivity contribution in [2.75, 3.05) is 6.61 Å². The minimum atomic E-state index is -0.625. The largest absolute Gasteiger partial charge is 0.490 e. The maximum Gasteiger partial charge on any atom is 0.490 e. The highest BCUT2D eigenvalue weighted by atomic mass is 32.1. The predicted molar refractivity (Wildman–Crippen MR) is 67.9 cm³/mol. The van der Waals surface area contributed by atoms with E-state index in [0.29, 0.717) is 13.2 Å². The number of aromatic nitrogens is 4. The number of hydrogen-bond donors (Lipinski definition) is 0. The first-order chi connectivity index (χ1) is 9.10. The van der Waals surface area contributed by atoms with Crippen LogP contribution in [0.1, 0.15) is 30.7 Å². The van der Waals surface area contributed by atoms with Gasteiger partial charge in [0.2, 0.25) is 6.33 Å². The van der Waals surface area contributed by atoms with Gasteiger partial charge in [-0.15, -0.1) is 11.3 Å². The van der Waals surface area contributed by atoms with E-state index in [4.69, 9.17) is 4.74 Å². The molecule has 0 bridgehead atoms. The lowest BCUT2D eigenvalue weighted by Gasteiger charge is -2.06.